The molecule has 0 fully saturated rings. The van der Waals surface area contributed by atoms with E-state index >= 15 is 0 Å². The lowest BCUT2D eigenvalue weighted by Crippen LogP contribution is -1.90. The molecule has 2 heterocycles. The lowest BCUT2D eigenvalue weighted by Gasteiger charge is -1.99. The van der Waals surface area contributed by atoms with Crippen LogP contribution >= 0.6 is 11.8 Å². The van der Waals surface area contributed by atoms with Gasteiger partial charge >= 0.3 is 5.88 Å². The average molecular weight is 340 g/mol. The minimum Gasteiger partial charge on any atom is -0.401 e. The number of furan rings is 1. The number of aliphatic imine (C=N–C) groups is 1. The molecule has 1 aliphatic heterocycles. The molecule has 2 aromatic rings. The zero-order valence-corrected chi connectivity index (χ0v) is 13.4. The minimum absolute atomic E-state index is 0.300. The van der Waals surface area contributed by atoms with Crippen LogP contribution in [0.25, 0.3) is 6.08 Å². The van der Waals surface area contributed by atoms with Crippen molar-refractivity contribution >= 4 is 34.7 Å². The largest absolute Gasteiger partial charge is 0.433 e. The van der Waals surface area contributed by atoms with Crippen molar-refractivity contribution in [3.8, 4) is 0 Å². The highest BCUT2D eigenvalue weighted by Gasteiger charge is 2.22. The smallest absolute Gasteiger partial charge is 0.401 e. The fraction of sp³-hybridized carbons (Fsp3) is 0.0588. The number of hydrogen-bond acceptors (Lipinski definition) is 5. The van der Waals surface area contributed by atoms with Gasteiger partial charge in [0.25, 0.3) is 5.91 Å². The summed E-state index contributed by atoms with van der Waals surface area (Å²) >= 11 is 1.29. The number of amides is 1. The van der Waals surface area contributed by atoms with Gasteiger partial charge in [-0.3, -0.25) is 14.9 Å². The molecule has 120 valence electrons. The second-order valence-corrected chi connectivity index (χ2v) is 6.04. The van der Waals surface area contributed by atoms with E-state index in [1.807, 2.05) is 31.2 Å². The van der Waals surface area contributed by atoms with Gasteiger partial charge in [-0.1, -0.05) is 47.7 Å². The first kappa shape index (κ1) is 15.9. The van der Waals surface area contributed by atoms with Gasteiger partial charge in [0.05, 0.1) is 11.0 Å². The number of nitrogens with zero attached hydrogens (tertiary/aromatic N) is 2. The number of allylic oxidation sites excluding steroid dienone is 2. The molecule has 0 saturated carbocycles. The molecule has 1 aromatic carbocycles. The standard InChI is InChI=1S/C17H12N2O4S/c1-11-5-7-12(8-6-11)17-18-16(20)14(24-17)4-2-3-13-9-10-15(23-13)19(21)22/h2-10H,1H3. The summed E-state index contributed by atoms with van der Waals surface area (Å²) in [6.07, 6.45) is 4.78. The molecule has 7 heteroatoms. The third-order valence-electron chi connectivity index (χ3n) is 3.22. The molecule has 1 aromatic heterocycles. The predicted molar refractivity (Wildman–Crippen MR) is 92.8 cm³/mol. The molecule has 0 bridgehead atoms. The molecule has 1 amide bonds. The van der Waals surface area contributed by atoms with Crippen LogP contribution in [0.3, 0.4) is 0 Å². The van der Waals surface area contributed by atoms with Gasteiger partial charge in [-0.15, -0.1) is 0 Å². The van der Waals surface area contributed by atoms with E-state index in [0.29, 0.717) is 15.7 Å². The lowest BCUT2D eigenvalue weighted by atomic mass is 10.2. The fourth-order valence-electron chi connectivity index (χ4n) is 2.00. The quantitative estimate of drug-likeness (QED) is 0.475. The van der Waals surface area contributed by atoms with Crippen molar-refractivity contribution in [2.75, 3.05) is 0 Å². The Morgan fingerprint density at radius 2 is 1.96 bits per heavy atom. The first-order chi connectivity index (χ1) is 11.5. The summed E-state index contributed by atoms with van der Waals surface area (Å²) in [5.74, 6) is -0.280. The second kappa shape index (κ2) is 6.67. The highest BCUT2D eigenvalue weighted by atomic mass is 32.2. The summed E-state index contributed by atoms with van der Waals surface area (Å²) in [6.45, 7) is 1.99. The summed E-state index contributed by atoms with van der Waals surface area (Å²) < 4.78 is 5.00. The first-order valence-corrected chi connectivity index (χ1v) is 7.85. The number of aryl methyl sites for hydroxylation is 1. The van der Waals surface area contributed by atoms with Crippen molar-refractivity contribution in [1.82, 2.24) is 0 Å². The van der Waals surface area contributed by atoms with Crippen molar-refractivity contribution in [2.24, 2.45) is 4.99 Å². The van der Waals surface area contributed by atoms with E-state index in [2.05, 4.69) is 4.99 Å². The minimum atomic E-state index is -0.603. The summed E-state index contributed by atoms with van der Waals surface area (Å²) in [5, 5.41) is 11.2. The van der Waals surface area contributed by atoms with Crippen molar-refractivity contribution < 1.29 is 14.1 Å². The van der Waals surface area contributed by atoms with Crippen molar-refractivity contribution in [2.45, 2.75) is 6.92 Å². The summed E-state index contributed by atoms with van der Waals surface area (Å²) in [4.78, 5) is 26.4. The van der Waals surface area contributed by atoms with Crippen LogP contribution in [0.5, 0.6) is 0 Å². The highest BCUT2D eigenvalue weighted by Crippen LogP contribution is 2.30. The predicted octanol–water partition coefficient (Wildman–Crippen LogP) is 4.11. The van der Waals surface area contributed by atoms with E-state index < -0.39 is 4.92 Å². The highest BCUT2D eigenvalue weighted by molar-refractivity contribution is 8.19. The topological polar surface area (TPSA) is 85.7 Å². The maximum absolute atomic E-state index is 11.9. The number of nitro groups is 1. The molecule has 0 atom stereocenters. The SMILES string of the molecule is Cc1ccc(C2=NC(=O)C(=CC=Cc3ccc([N+](=O)[O-])o3)S2)cc1. The van der Waals surface area contributed by atoms with Gasteiger partial charge in [0.2, 0.25) is 0 Å². The maximum atomic E-state index is 11.9. The van der Waals surface area contributed by atoms with E-state index in [4.69, 9.17) is 4.42 Å². The summed E-state index contributed by atoms with van der Waals surface area (Å²) in [7, 11) is 0. The molecule has 0 spiro atoms. The first-order valence-electron chi connectivity index (χ1n) is 7.03. The lowest BCUT2D eigenvalue weighted by molar-refractivity contribution is -0.402. The average Bonchev–Trinajstić information content (AvgIpc) is 3.16. The molecule has 6 nitrogen and oxygen atoms in total. The molecule has 0 unspecified atom stereocenters. The maximum Gasteiger partial charge on any atom is 0.433 e. The van der Waals surface area contributed by atoms with Gasteiger partial charge in [-0.2, -0.15) is 0 Å². The van der Waals surface area contributed by atoms with Crippen LogP contribution in [0.1, 0.15) is 16.9 Å². The molecule has 0 radical (unpaired) electrons. The Hall–Kier alpha value is -2.93. The van der Waals surface area contributed by atoms with Gasteiger partial charge in [0.1, 0.15) is 15.7 Å². The van der Waals surface area contributed by atoms with Crippen LogP contribution in [0, 0.1) is 17.0 Å². The van der Waals surface area contributed by atoms with Crippen LogP contribution in [0.4, 0.5) is 5.88 Å². The summed E-state index contributed by atoms with van der Waals surface area (Å²) in [6, 6.07) is 10.6. The number of hydrogen-bond donors (Lipinski definition) is 0. The van der Waals surface area contributed by atoms with Crippen molar-refractivity contribution in [3.05, 3.63) is 80.5 Å². The Morgan fingerprint density at radius 1 is 1.21 bits per heavy atom. The van der Waals surface area contributed by atoms with E-state index in [9.17, 15) is 14.9 Å². The van der Waals surface area contributed by atoms with E-state index in [-0.39, 0.29) is 11.8 Å². The molecular weight excluding hydrogens is 328 g/mol. The van der Waals surface area contributed by atoms with Crippen LogP contribution in [0.2, 0.25) is 0 Å². The normalized spacial score (nSPS) is 16.1. The van der Waals surface area contributed by atoms with Crippen LogP contribution in [-0.2, 0) is 4.79 Å². The van der Waals surface area contributed by atoms with Crippen LogP contribution in [-0.4, -0.2) is 15.9 Å². The molecular formula is C17H12N2O4S. The number of benzene rings is 1. The van der Waals surface area contributed by atoms with E-state index in [1.165, 1.54) is 23.9 Å². The molecule has 0 N–H and O–H groups in total. The number of rotatable bonds is 4. The van der Waals surface area contributed by atoms with Gasteiger partial charge in [0, 0.05) is 5.56 Å². The zero-order chi connectivity index (χ0) is 17.1. The number of carbonyl (C=O) groups is 1. The Kier molecular flexibility index (Phi) is 4.43. The molecule has 1 aliphatic rings. The van der Waals surface area contributed by atoms with E-state index in [0.717, 1.165) is 11.1 Å². The third-order valence-corrected chi connectivity index (χ3v) is 4.27. The van der Waals surface area contributed by atoms with Crippen LogP contribution < -0.4 is 0 Å². The van der Waals surface area contributed by atoms with E-state index in [1.54, 1.807) is 18.2 Å². The molecule has 3 rings (SSSR count). The summed E-state index contributed by atoms with van der Waals surface area (Å²) in [5.41, 5.74) is 2.04. The number of carbonyl (C=O) groups excluding carboxylic acids is 1. The Labute approximate surface area is 141 Å². The Bertz CT molecular complexity index is 892. The Morgan fingerprint density at radius 3 is 2.62 bits per heavy atom. The van der Waals surface area contributed by atoms with Gasteiger partial charge in [-0.25, -0.2) is 4.99 Å². The molecule has 0 aliphatic carbocycles. The Balaban J connectivity index is 1.70. The van der Waals surface area contributed by atoms with Gasteiger partial charge < -0.3 is 4.42 Å². The van der Waals surface area contributed by atoms with Crippen molar-refractivity contribution in [1.29, 1.82) is 0 Å². The van der Waals surface area contributed by atoms with Gasteiger partial charge in [0.15, 0.2) is 0 Å². The van der Waals surface area contributed by atoms with Crippen molar-refractivity contribution in [3.63, 3.8) is 0 Å². The van der Waals surface area contributed by atoms with Gasteiger partial charge in [-0.05, 0) is 25.1 Å². The van der Waals surface area contributed by atoms with Crippen LogP contribution in [0.15, 0.2) is 62.9 Å². The second-order valence-electron chi connectivity index (χ2n) is 5.01. The third kappa shape index (κ3) is 3.52. The zero-order valence-electron chi connectivity index (χ0n) is 12.6. The molecule has 24 heavy (non-hydrogen) atoms. The molecule has 0 saturated heterocycles. The monoisotopic (exact) mass is 340 g/mol. The fourth-order valence-corrected chi connectivity index (χ4v) is 2.87. The number of thioether (sulfide) groups is 1.